The van der Waals surface area contributed by atoms with Crippen LogP contribution < -0.4 is 0 Å². The van der Waals surface area contributed by atoms with E-state index < -0.39 is 0 Å². The van der Waals surface area contributed by atoms with Crippen LogP contribution in [0.25, 0.3) is 16.0 Å². The van der Waals surface area contributed by atoms with Crippen molar-refractivity contribution >= 4 is 45.0 Å². The van der Waals surface area contributed by atoms with Crippen LogP contribution in [-0.4, -0.2) is 54.2 Å². The number of nitrogens with zero attached hydrogens (tertiary/aromatic N) is 6. The molecule has 0 saturated carbocycles. The first-order valence-corrected chi connectivity index (χ1v) is 11.8. The van der Waals surface area contributed by atoms with Gasteiger partial charge in [0.1, 0.15) is 0 Å². The molecular formula is C21H22N6OS2. The highest BCUT2D eigenvalue weighted by Gasteiger charge is 2.27. The number of likely N-dealkylation sites (tertiary alicyclic amines) is 1. The third-order valence-corrected chi connectivity index (χ3v) is 7.38. The van der Waals surface area contributed by atoms with E-state index in [-0.39, 0.29) is 5.91 Å². The molecule has 1 aliphatic rings. The number of hydrogen-bond donors (Lipinski definition) is 0. The minimum atomic E-state index is 0.130. The Kier molecular flexibility index (Phi) is 5.16. The number of aromatic nitrogens is 5. The van der Waals surface area contributed by atoms with E-state index in [9.17, 15) is 4.79 Å². The van der Waals surface area contributed by atoms with Crippen molar-refractivity contribution in [1.82, 2.24) is 29.5 Å². The molecule has 1 fully saturated rings. The van der Waals surface area contributed by atoms with E-state index in [4.69, 9.17) is 4.98 Å². The molecule has 1 amide bonds. The lowest BCUT2D eigenvalue weighted by Gasteiger charge is -2.31. The first kappa shape index (κ1) is 19.4. The number of fused-ring (bicyclic) bond motifs is 2. The number of hydrogen-bond acceptors (Lipinski definition) is 7. The fourth-order valence-corrected chi connectivity index (χ4v) is 5.71. The Morgan fingerprint density at radius 3 is 2.97 bits per heavy atom. The summed E-state index contributed by atoms with van der Waals surface area (Å²) >= 11 is 3.12. The molecule has 30 heavy (non-hydrogen) atoms. The molecule has 5 rings (SSSR count). The van der Waals surface area contributed by atoms with Gasteiger partial charge < -0.3 is 4.90 Å². The molecule has 1 saturated heterocycles. The maximum absolute atomic E-state index is 12.9. The quantitative estimate of drug-likeness (QED) is 0.451. The molecule has 3 aromatic heterocycles. The molecule has 4 heterocycles. The van der Waals surface area contributed by atoms with Crippen molar-refractivity contribution in [2.24, 2.45) is 0 Å². The zero-order valence-corrected chi connectivity index (χ0v) is 18.5. The Morgan fingerprint density at radius 2 is 2.10 bits per heavy atom. The predicted molar refractivity (Wildman–Crippen MR) is 119 cm³/mol. The first-order valence-electron chi connectivity index (χ1n) is 10.0. The zero-order valence-electron chi connectivity index (χ0n) is 16.9. The van der Waals surface area contributed by atoms with Crippen molar-refractivity contribution in [2.45, 2.75) is 37.8 Å². The van der Waals surface area contributed by atoms with Gasteiger partial charge >= 0.3 is 0 Å². The minimum absolute atomic E-state index is 0.130. The standard InChI is InChI=1S/C21H22N6OS2/c1-13-10-14(2)27-20(22-13)24-21(25-27)29-12-18(28)26-9-5-6-15(11-26)19-23-16-7-3-4-8-17(16)30-19/h3-4,7-8,10,15H,5-6,9,11-12H2,1-2H3. The molecule has 0 bridgehead atoms. The second-order valence-corrected chi connectivity index (χ2v) is 9.64. The normalized spacial score (nSPS) is 17.1. The summed E-state index contributed by atoms with van der Waals surface area (Å²) in [6.07, 6.45) is 2.08. The van der Waals surface area contributed by atoms with E-state index in [0.717, 1.165) is 47.8 Å². The highest BCUT2D eigenvalue weighted by molar-refractivity contribution is 7.99. The fourth-order valence-electron chi connectivity index (χ4n) is 3.90. The Morgan fingerprint density at radius 1 is 1.23 bits per heavy atom. The lowest BCUT2D eigenvalue weighted by Crippen LogP contribution is -2.40. The van der Waals surface area contributed by atoms with E-state index in [1.54, 1.807) is 15.9 Å². The van der Waals surface area contributed by atoms with E-state index in [0.29, 0.717) is 22.6 Å². The van der Waals surface area contributed by atoms with Gasteiger partial charge in [0.15, 0.2) is 0 Å². The summed E-state index contributed by atoms with van der Waals surface area (Å²) in [4.78, 5) is 28.5. The van der Waals surface area contributed by atoms with Crippen LogP contribution in [0.5, 0.6) is 0 Å². The summed E-state index contributed by atoms with van der Waals surface area (Å²) in [5, 5.41) is 6.21. The Bertz CT molecular complexity index is 1200. The van der Waals surface area contributed by atoms with Gasteiger partial charge in [-0.15, -0.1) is 16.4 Å². The van der Waals surface area contributed by atoms with Crippen LogP contribution in [0, 0.1) is 13.8 Å². The number of thiazole rings is 1. The molecule has 4 aromatic rings. The average Bonchev–Trinajstić information content (AvgIpc) is 3.36. The molecule has 0 N–H and O–H groups in total. The summed E-state index contributed by atoms with van der Waals surface area (Å²) in [5.41, 5.74) is 2.95. The van der Waals surface area contributed by atoms with Gasteiger partial charge in [0.05, 0.1) is 21.0 Å². The zero-order chi connectivity index (χ0) is 20.7. The number of benzene rings is 1. The van der Waals surface area contributed by atoms with Crippen LogP contribution in [0.3, 0.4) is 0 Å². The molecule has 9 heteroatoms. The van der Waals surface area contributed by atoms with Crippen LogP contribution in [0.2, 0.25) is 0 Å². The van der Waals surface area contributed by atoms with Gasteiger partial charge in [-0.05, 0) is 44.9 Å². The van der Waals surface area contributed by atoms with Crippen molar-refractivity contribution in [3.63, 3.8) is 0 Å². The maximum Gasteiger partial charge on any atom is 0.253 e. The third-order valence-electron chi connectivity index (χ3n) is 5.36. The SMILES string of the molecule is Cc1cc(C)n2nc(SCC(=O)N3CCCC(c4nc5ccccc5s4)C3)nc2n1. The van der Waals surface area contributed by atoms with Crippen LogP contribution >= 0.6 is 23.1 Å². The summed E-state index contributed by atoms with van der Waals surface area (Å²) < 4.78 is 2.94. The smallest absolute Gasteiger partial charge is 0.253 e. The number of carbonyl (C=O) groups excluding carboxylic acids is 1. The van der Waals surface area contributed by atoms with Crippen LogP contribution in [0.4, 0.5) is 0 Å². The van der Waals surface area contributed by atoms with Crippen LogP contribution in [0.1, 0.15) is 35.2 Å². The molecule has 154 valence electrons. The van der Waals surface area contributed by atoms with Crippen LogP contribution in [-0.2, 0) is 4.79 Å². The Balaban J connectivity index is 1.25. The Labute approximate surface area is 182 Å². The second-order valence-electron chi connectivity index (χ2n) is 7.63. The topological polar surface area (TPSA) is 76.3 Å². The minimum Gasteiger partial charge on any atom is -0.341 e. The summed E-state index contributed by atoms with van der Waals surface area (Å²) in [7, 11) is 0. The van der Waals surface area contributed by atoms with Gasteiger partial charge in [0, 0.05) is 30.4 Å². The largest absolute Gasteiger partial charge is 0.341 e. The fraction of sp³-hybridized carbons (Fsp3) is 0.381. The molecule has 0 radical (unpaired) electrons. The van der Waals surface area contributed by atoms with Crippen molar-refractivity contribution in [2.75, 3.05) is 18.8 Å². The summed E-state index contributed by atoms with van der Waals surface area (Å²) in [6.45, 7) is 5.46. The first-order chi connectivity index (χ1) is 14.6. The molecule has 7 nitrogen and oxygen atoms in total. The summed E-state index contributed by atoms with van der Waals surface area (Å²) in [5.74, 6) is 1.36. The van der Waals surface area contributed by atoms with E-state index in [1.165, 1.54) is 16.5 Å². The number of amides is 1. The number of rotatable bonds is 4. The molecule has 1 aliphatic heterocycles. The van der Waals surface area contributed by atoms with Gasteiger partial charge in [-0.2, -0.15) is 4.98 Å². The van der Waals surface area contributed by atoms with E-state index in [1.807, 2.05) is 36.9 Å². The lowest BCUT2D eigenvalue weighted by atomic mass is 9.99. The number of para-hydroxylation sites is 1. The van der Waals surface area contributed by atoms with Gasteiger partial charge in [-0.25, -0.2) is 14.5 Å². The second kappa shape index (κ2) is 7.96. The van der Waals surface area contributed by atoms with Crippen molar-refractivity contribution in [3.05, 3.63) is 46.7 Å². The van der Waals surface area contributed by atoms with Crippen LogP contribution in [0.15, 0.2) is 35.5 Å². The number of piperidine rings is 1. The van der Waals surface area contributed by atoms with Crippen molar-refractivity contribution < 1.29 is 4.79 Å². The number of carbonyl (C=O) groups is 1. The molecular weight excluding hydrogens is 416 g/mol. The summed E-state index contributed by atoms with van der Waals surface area (Å²) in [6, 6.07) is 10.2. The third kappa shape index (κ3) is 3.79. The molecule has 1 unspecified atom stereocenters. The number of aryl methyl sites for hydroxylation is 2. The lowest BCUT2D eigenvalue weighted by molar-refractivity contribution is -0.129. The highest BCUT2D eigenvalue weighted by Crippen LogP contribution is 2.33. The van der Waals surface area contributed by atoms with Gasteiger partial charge in [-0.3, -0.25) is 4.79 Å². The Hall–Kier alpha value is -2.52. The van der Waals surface area contributed by atoms with E-state index >= 15 is 0 Å². The van der Waals surface area contributed by atoms with Crippen molar-refractivity contribution in [1.29, 1.82) is 0 Å². The maximum atomic E-state index is 12.9. The molecule has 1 aromatic carbocycles. The predicted octanol–water partition coefficient (Wildman–Crippen LogP) is 3.85. The van der Waals surface area contributed by atoms with Gasteiger partial charge in [-0.1, -0.05) is 23.9 Å². The van der Waals surface area contributed by atoms with Crippen molar-refractivity contribution in [3.8, 4) is 0 Å². The molecule has 0 aliphatic carbocycles. The highest BCUT2D eigenvalue weighted by atomic mass is 32.2. The monoisotopic (exact) mass is 438 g/mol. The molecule has 1 atom stereocenters. The van der Waals surface area contributed by atoms with Gasteiger partial charge in [0.2, 0.25) is 11.1 Å². The number of thioether (sulfide) groups is 1. The average molecular weight is 439 g/mol. The van der Waals surface area contributed by atoms with E-state index in [2.05, 4.69) is 27.2 Å². The van der Waals surface area contributed by atoms with Gasteiger partial charge in [0.25, 0.3) is 5.78 Å². The molecule has 0 spiro atoms.